The van der Waals surface area contributed by atoms with Gasteiger partial charge in [-0.3, -0.25) is 4.79 Å². The van der Waals surface area contributed by atoms with Crippen LogP contribution in [0.3, 0.4) is 0 Å². The highest BCUT2D eigenvalue weighted by molar-refractivity contribution is 5.72. The molecule has 2 atom stereocenters. The van der Waals surface area contributed by atoms with Gasteiger partial charge in [0.05, 0.1) is 24.7 Å². The first-order valence-corrected chi connectivity index (χ1v) is 14.2. The Hall–Kier alpha value is -3.85. The zero-order valence-corrected chi connectivity index (χ0v) is 24.3. The summed E-state index contributed by atoms with van der Waals surface area (Å²) in [6.07, 6.45) is 6.25. The maximum atomic E-state index is 9.18. The van der Waals surface area contributed by atoms with E-state index in [0.717, 1.165) is 41.9 Å². The molecule has 6 heteroatoms. The molecule has 5 rings (SSSR count). The van der Waals surface area contributed by atoms with Crippen LogP contribution in [0.5, 0.6) is 11.6 Å². The summed E-state index contributed by atoms with van der Waals surface area (Å²) < 4.78 is 16.2. The fourth-order valence-electron chi connectivity index (χ4n) is 5.48. The number of hydrogen-bond donors (Lipinski definition) is 0. The molecule has 0 bridgehead atoms. The van der Waals surface area contributed by atoms with E-state index < -0.39 is 0 Å². The topological polar surface area (TPSA) is 81.4 Å². The van der Waals surface area contributed by atoms with Gasteiger partial charge in [-0.05, 0) is 129 Å². The molecule has 1 aromatic heterocycles. The molecule has 0 radical (unpaired) electrons. The van der Waals surface area contributed by atoms with Gasteiger partial charge in [0.25, 0.3) is 6.47 Å². The predicted molar refractivity (Wildman–Crippen MR) is 156 cm³/mol. The molecule has 40 heavy (non-hydrogen) atoms. The van der Waals surface area contributed by atoms with E-state index in [1.807, 2.05) is 20.0 Å². The number of aromatic nitrogens is 1. The maximum absolute atomic E-state index is 9.18. The molecule has 1 saturated carbocycles. The Labute approximate surface area is 238 Å². The maximum Gasteiger partial charge on any atom is 0.293 e. The standard InChI is InChI=1S/C31H34N2O2.C3H6O2/c1-20-11-26(34-10-6-9-31(3,4)19-32)12-21(2)30(20)23-8-5-7-22(13-23)18-35-29-16-25-14-24-15-27(24)28(25)17-33-29;1-2-5-3-4/h5,7-8,11-13,16-17,24,27H,6,9-10,14-15,18H2,1-4H3;3H,2H2,1H3. The van der Waals surface area contributed by atoms with Gasteiger partial charge in [-0.2, -0.15) is 5.26 Å². The number of fused-ring (bicyclic) bond motifs is 3. The van der Waals surface area contributed by atoms with Crippen LogP contribution >= 0.6 is 0 Å². The number of benzene rings is 2. The van der Waals surface area contributed by atoms with Crippen molar-refractivity contribution in [2.45, 2.75) is 72.8 Å². The van der Waals surface area contributed by atoms with Gasteiger partial charge >= 0.3 is 0 Å². The Bertz CT molecular complexity index is 1350. The van der Waals surface area contributed by atoms with Crippen molar-refractivity contribution in [3.05, 3.63) is 76.5 Å². The molecular formula is C34H40N2O4. The molecule has 2 aromatic carbocycles. The van der Waals surface area contributed by atoms with Crippen molar-refractivity contribution < 1.29 is 19.0 Å². The molecule has 2 aliphatic rings. The van der Waals surface area contributed by atoms with Crippen molar-refractivity contribution in [3.8, 4) is 28.8 Å². The SMILES string of the molecule is CCOC=O.Cc1cc(OCCCC(C)(C)C#N)cc(C)c1-c1cccc(COc2cc3c(cn2)C2CC2C3)c1. The summed E-state index contributed by atoms with van der Waals surface area (Å²) in [5, 5.41) is 9.17. The number of rotatable bonds is 11. The zero-order chi connectivity index (χ0) is 28.7. The third kappa shape index (κ3) is 7.41. The lowest BCUT2D eigenvalue weighted by molar-refractivity contribution is -0.128. The van der Waals surface area contributed by atoms with Crippen LogP contribution in [-0.4, -0.2) is 24.7 Å². The lowest BCUT2D eigenvalue weighted by atomic mass is 9.90. The van der Waals surface area contributed by atoms with Gasteiger partial charge in [0.15, 0.2) is 0 Å². The minimum atomic E-state index is -0.301. The fourth-order valence-corrected chi connectivity index (χ4v) is 5.48. The summed E-state index contributed by atoms with van der Waals surface area (Å²) >= 11 is 0. The van der Waals surface area contributed by atoms with E-state index in [2.05, 4.69) is 72.1 Å². The van der Waals surface area contributed by atoms with Crippen molar-refractivity contribution >= 4 is 6.47 Å². The van der Waals surface area contributed by atoms with Gasteiger partial charge in [0, 0.05) is 12.3 Å². The van der Waals surface area contributed by atoms with Gasteiger partial charge in [0.2, 0.25) is 5.88 Å². The first-order valence-electron chi connectivity index (χ1n) is 14.2. The van der Waals surface area contributed by atoms with E-state index in [9.17, 15) is 10.1 Å². The second kappa shape index (κ2) is 13.0. The molecule has 0 aliphatic heterocycles. The Morgan fingerprint density at radius 2 is 1.90 bits per heavy atom. The molecule has 0 saturated heterocycles. The Morgan fingerprint density at radius 3 is 2.58 bits per heavy atom. The van der Waals surface area contributed by atoms with Gasteiger partial charge in [0.1, 0.15) is 12.4 Å². The molecule has 6 nitrogen and oxygen atoms in total. The number of nitrogens with zero attached hydrogens (tertiary/aromatic N) is 2. The Kier molecular flexibility index (Phi) is 9.47. The fraction of sp³-hybridized carbons (Fsp3) is 0.441. The summed E-state index contributed by atoms with van der Waals surface area (Å²) in [5.74, 6) is 3.24. The smallest absolute Gasteiger partial charge is 0.293 e. The second-order valence-electron chi connectivity index (χ2n) is 11.4. The van der Waals surface area contributed by atoms with Crippen LogP contribution in [0.2, 0.25) is 0 Å². The predicted octanol–water partition coefficient (Wildman–Crippen LogP) is 7.49. The molecule has 3 aromatic rings. The van der Waals surface area contributed by atoms with E-state index in [1.54, 1.807) is 6.92 Å². The zero-order valence-electron chi connectivity index (χ0n) is 24.3. The summed E-state index contributed by atoms with van der Waals surface area (Å²) in [5.41, 5.74) is 8.49. The third-order valence-corrected chi connectivity index (χ3v) is 7.66. The van der Waals surface area contributed by atoms with Crippen molar-refractivity contribution in [1.82, 2.24) is 4.98 Å². The molecule has 1 fully saturated rings. The number of carbonyl (C=O) groups is 1. The molecular weight excluding hydrogens is 500 g/mol. The summed E-state index contributed by atoms with van der Waals surface area (Å²) in [6, 6.07) is 17.3. The minimum Gasteiger partial charge on any atom is -0.494 e. The van der Waals surface area contributed by atoms with Crippen molar-refractivity contribution in [2.24, 2.45) is 11.3 Å². The molecule has 2 unspecified atom stereocenters. The van der Waals surface area contributed by atoms with Gasteiger partial charge < -0.3 is 14.2 Å². The van der Waals surface area contributed by atoms with E-state index in [0.29, 0.717) is 26.3 Å². The average Bonchev–Trinajstić information content (AvgIpc) is 3.61. The largest absolute Gasteiger partial charge is 0.494 e. The van der Waals surface area contributed by atoms with Crippen LogP contribution in [0.1, 0.15) is 73.8 Å². The number of hydrogen-bond acceptors (Lipinski definition) is 6. The van der Waals surface area contributed by atoms with E-state index in [-0.39, 0.29) is 5.41 Å². The lowest BCUT2D eigenvalue weighted by Gasteiger charge is -2.17. The first kappa shape index (κ1) is 29.1. The van der Waals surface area contributed by atoms with Gasteiger partial charge in [-0.1, -0.05) is 18.2 Å². The molecule has 210 valence electrons. The van der Waals surface area contributed by atoms with Crippen LogP contribution in [0.4, 0.5) is 0 Å². The molecule has 0 spiro atoms. The van der Waals surface area contributed by atoms with E-state index in [4.69, 9.17) is 9.47 Å². The molecule has 0 amide bonds. The minimum absolute atomic E-state index is 0.301. The average molecular weight is 541 g/mol. The number of ether oxygens (including phenoxy) is 3. The molecule has 0 N–H and O–H groups in total. The van der Waals surface area contributed by atoms with Crippen LogP contribution < -0.4 is 9.47 Å². The highest BCUT2D eigenvalue weighted by Crippen LogP contribution is 2.56. The van der Waals surface area contributed by atoms with Crippen molar-refractivity contribution in [2.75, 3.05) is 13.2 Å². The van der Waals surface area contributed by atoms with Crippen LogP contribution in [0, 0.1) is 36.5 Å². The number of pyridine rings is 1. The quantitative estimate of drug-likeness (QED) is 0.185. The molecule has 2 aliphatic carbocycles. The summed E-state index contributed by atoms with van der Waals surface area (Å²) in [4.78, 5) is 13.7. The van der Waals surface area contributed by atoms with Crippen molar-refractivity contribution in [3.63, 3.8) is 0 Å². The van der Waals surface area contributed by atoms with Crippen molar-refractivity contribution in [1.29, 1.82) is 5.26 Å². The van der Waals surface area contributed by atoms with E-state index in [1.165, 1.54) is 46.2 Å². The highest BCUT2D eigenvalue weighted by Gasteiger charge is 2.45. The van der Waals surface area contributed by atoms with Crippen LogP contribution in [-0.2, 0) is 22.6 Å². The third-order valence-electron chi connectivity index (χ3n) is 7.66. The lowest BCUT2D eigenvalue weighted by Crippen LogP contribution is -2.10. The molecule has 1 heterocycles. The normalized spacial score (nSPS) is 16.5. The first-order chi connectivity index (χ1) is 19.2. The van der Waals surface area contributed by atoms with Crippen LogP contribution in [0.25, 0.3) is 11.1 Å². The van der Waals surface area contributed by atoms with E-state index >= 15 is 0 Å². The Balaban J connectivity index is 0.000000681. The number of carbonyl (C=O) groups excluding carboxylic acids is 1. The highest BCUT2D eigenvalue weighted by atomic mass is 16.5. The number of nitriles is 1. The van der Waals surface area contributed by atoms with Gasteiger partial charge in [-0.25, -0.2) is 4.98 Å². The second-order valence-corrected chi connectivity index (χ2v) is 11.4. The summed E-state index contributed by atoms with van der Waals surface area (Å²) in [7, 11) is 0. The number of aryl methyl sites for hydroxylation is 2. The Morgan fingerprint density at radius 1 is 1.12 bits per heavy atom. The summed E-state index contributed by atoms with van der Waals surface area (Å²) in [6.45, 7) is 12.0. The van der Waals surface area contributed by atoms with Gasteiger partial charge in [-0.15, -0.1) is 0 Å². The van der Waals surface area contributed by atoms with Crippen LogP contribution in [0.15, 0.2) is 48.7 Å². The monoisotopic (exact) mass is 540 g/mol.